The molecule has 0 atom stereocenters. The highest BCUT2D eigenvalue weighted by atomic mass is 35.5. The SMILES string of the molecule is Fc1ccccc1N1CN=CC=C1Cl. The van der Waals surface area contributed by atoms with Crippen LogP contribution < -0.4 is 4.90 Å². The molecule has 0 N–H and O–H groups in total. The van der Waals surface area contributed by atoms with Gasteiger partial charge in [-0.1, -0.05) is 23.7 Å². The van der Waals surface area contributed by atoms with Gasteiger partial charge in [-0.3, -0.25) is 4.99 Å². The first-order chi connectivity index (χ1) is 6.79. The number of hydrogen-bond donors (Lipinski definition) is 0. The molecule has 1 aromatic rings. The second-order valence-electron chi connectivity index (χ2n) is 2.84. The smallest absolute Gasteiger partial charge is 0.146 e. The van der Waals surface area contributed by atoms with E-state index in [9.17, 15) is 4.39 Å². The summed E-state index contributed by atoms with van der Waals surface area (Å²) in [5.74, 6) is -0.295. The highest BCUT2D eigenvalue weighted by molar-refractivity contribution is 6.32. The van der Waals surface area contributed by atoms with Crippen LogP contribution in [0.2, 0.25) is 0 Å². The summed E-state index contributed by atoms with van der Waals surface area (Å²) in [5.41, 5.74) is 0.450. The average molecular weight is 211 g/mol. The molecule has 0 saturated carbocycles. The van der Waals surface area contributed by atoms with Gasteiger partial charge in [0.25, 0.3) is 0 Å². The number of benzene rings is 1. The van der Waals surface area contributed by atoms with E-state index in [0.717, 1.165) is 0 Å². The number of rotatable bonds is 1. The number of halogens is 2. The van der Waals surface area contributed by atoms with Crippen LogP contribution in [0.1, 0.15) is 0 Å². The molecule has 72 valence electrons. The maximum atomic E-state index is 13.4. The fraction of sp³-hybridized carbons (Fsp3) is 0.100. The Labute approximate surface area is 86.3 Å². The van der Waals surface area contributed by atoms with E-state index in [2.05, 4.69) is 4.99 Å². The van der Waals surface area contributed by atoms with Crippen LogP contribution in [0.5, 0.6) is 0 Å². The van der Waals surface area contributed by atoms with Crippen molar-refractivity contribution >= 4 is 23.5 Å². The molecule has 1 aliphatic rings. The molecule has 2 rings (SSSR count). The minimum atomic E-state index is -0.295. The maximum absolute atomic E-state index is 13.4. The zero-order valence-electron chi connectivity index (χ0n) is 7.32. The second-order valence-corrected chi connectivity index (χ2v) is 3.23. The Balaban J connectivity index is 2.37. The normalized spacial score (nSPS) is 15.6. The van der Waals surface area contributed by atoms with E-state index in [0.29, 0.717) is 17.5 Å². The lowest BCUT2D eigenvalue weighted by Gasteiger charge is -2.23. The summed E-state index contributed by atoms with van der Waals surface area (Å²) < 4.78 is 13.4. The molecule has 0 amide bonds. The monoisotopic (exact) mass is 210 g/mol. The first-order valence-electron chi connectivity index (χ1n) is 4.17. The van der Waals surface area contributed by atoms with Crippen molar-refractivity contribution in [3.05, 3.63) is 41.3 Å². The third-order valence-electron chi connectivity index (χ3n) is 1.94. The van der Waals surface area contributed by atoms with Gasteiger partial charge in [-0.25, -0.2) is 4.39 Å². The summed E-state index contributed by atoms with van der Waals surface area (Å²) in [6.07, 6.45) is 3.25. The number of nitrogens with zero attached hydrogens (tertiary/aromatic N) is 2. The number of anilines is 1. The van der Waals surface area contributed by atoms with Gasteiger partial charge in [-0.2, -0.15) is 0 Å². The number of hydrogen-bond acceptors (Lipinski definition) is 2. The Morgan fingerprint density at radius 2 is 2.14 bits per heavy atom. The van der Waals surface area contributed by atoms with Gasteiger partial charge in [-0.15, -0.1) is 0 Å². The molecule has 0 fully saturated rings. The summed E-state index contributed by atoms with van der Waals surface area (Å²) >= 11 is 5.92. The molecule has 0 unspecified atom stereocenters. The first-order valence-corrected chi connectivity index (χ1v) is 4.54. The molecule has 0 spiro atoms. The summed E-state index contributed by atoms with van der Waals surface area (Å²) in [7, 11) is 0. The van der Waals surface area contributed by atoms with Gasteiger partial charge in [0.15, 0.2) is 0 Å². The third-order valence-corrected chi connectivity index (χ3v) is 2.27. The van der Waals surface area contributed by atoms with E-state index in [4.69, 9.17) is 11.6 Å². The summed E-state index contributed by atoms with van der Waals surface area (Å²) in [5, 5.41) is 0.477. The van der Waals surface area contributed by atoms with Crippen LogP contribution in [-0.4, -0.2) is 12.9 Å². The average Bonchev–Trinajstić information content (AvgIpc) is 2.20. The Hall–Kier alpha value is -1.35. The van der Waals surface area contributed by atoms with Crippen molar-refractivity contribution in [1.29, 1.82) is 0 Å². The lowest BCUT2D eigenvalue weighted by molar-refractivity contribution is 0.624. The molecule has 1 heterocycles. The highest BCUT2D eigenvalue weighted by Gasteiger charge is 2.14. The Morgan fingerprint density at radius 1 is 1.36 bits per heavy atom. The van der Waals surface area contributed by atoms with Crippen LogP contribution in [0.4, 0.5) is 10.1 Å². The van der Waals surface area contributed by atoms with Crippen molar-refractivity contribution in [2.24, 2.45) is 4.99 Å². The molecule has 0 saturated heterocycles. The van der Waals surface area contributed by atoms with Crippen LogP contribution >= 0.6 is 11.6 Å². The van der Waals surface area contributed by atoms with Crippen molar-refractivity contribution in [3.63, 3.8) is 0 Å². The number of aliphatic imine (C=N–C) groups is 1. The van der Waals surface area contributed by atoms with Crippen LogP contribution in [0.3, 0.4) is 0 Å². The molecule has 1 aliphatic heterocycles. The van der Waals surface area contributed by atoms with Gasteiger partial charge in [0.2, 0.25) is 0 Å². The lowest BCUT2D eigenvalue weighted by atomic mass is 10.3. The van der Waals surface area contributed by atoms with E-state index >= 15 is 0 Å². The van der Waals surface area contributed by atoms with E-state index in [-0.39, 0.29) is 5.82 Å². The highest BCUT2D eigenvalue weighted by Crippen LogP contribution is 2.25. The van der Waals surface area contributed by atoms with Crippen LogP contribution in [0, 0.1) is 5.82 Å². The van der Waals surface area contributed by atoms with Gasteiger partial charge in [0.05, 0.1) is 5.69 Å². The first kappa shape index (κ1) is 9.21. The topological polar surface area (TPSA) is 15.6 Å². The zero-order valence-corrected chi connectivity index (χ0v) is 8.08. The summed E-state index contributed by atoms with van der Waals surface area (Å²) in [6.45, 7) is 0.357. The van der Waals surface area contributed by atoms with Gasteiger partial charge in [0, 0.05) is 6.21 Å². The van der Waals surface area contributed by atoms with E-state index in [1.807, 2.05) is 0 Å². The van der Waals surface area contributed by atoms with Crippen molar-refractivity contribution in [1.82, 2.24) is 0 Å². The minimum absolute atomic E-state index is 0.295. The number of para-hydroxylation sites is 1. The Kier molecular flexibility index (Phi) is 2.50. The molecular weight excluding hydrogens is 203 g/mol. The van der Waals surface area contributed by atoms with Gasteiger partial charge in [0.1, 0.15) is 17.6 Å². The molecule has 0 bridgehead atoms. The Morgan fingerprint density at radius 3 is 2.86 bits per heavy atom. The molecule has 2 nitrogen and oxygen atoms in total. The van der Waals surface area contributed by atoms with Crippen molar-refractivity contribution in [3.8, 4) is 0 Å². The van der Waals surface area contributed by atoms with E-state index < -0.39 is 0 Å². The fourth-order valence-electron chi connectivity index (χ4n) is 1.26. The molecule has 4 heteroatoms. The summed E-state index contributed by atoms with van der Waals surface area (Å²) in [6, 6.07) is 6.48. The number of allylic oxidation sites excluding steroid dienone is 1. The van der Waals surface area contributed by atoms with Gasteiger partial charge >= 0.3 is 0 Å². The molecule has 0 aliphatic carbocycles. The Bertz CT molecular complexity index is 401. The van der Waals surface area contributed by atoms with Crippen molar-refractivity contribution in [2.75, 3.05) is 11.6 Å². The fourth-order valence-corrected chi connectivity index (χ4v) is 1.46. The molecule has 1 aromatic carbocycles. The van der Waals surface area contributed by atoms with Crippen LogP contribution in [-0.2, 0) is 0 Å². The van der Waals surface area contributed by atoms with Crippen molar-refractivity contribution in [2.45, 2.75) is 0 Å². The quantitative estimate of drug-likeness (QED) is 0.651. The van der Waals surface area contributed by atoms with Gasteiger partial charge < -0.3 is 4.90 Å². The molecule has 14 heavy (non-hydrogen) atoms. The zero-order chi connectivity index (χ0) is 9.97. The van der Waals surface area contributed by atoms with Crippen molar-refractivity contribution < 1.29 is 4.39 Å². The van der Waals surface area contributed by atoms with Gasteiger partial charge in [-0.05, 0) is 18.2 Å². The van der Waals surface area contributed by atoms with Crippen LogP contribution in [0.25, 0.3) is 0 Å². The third kappa shape index (κ3) is 1.63. The standard InChI is InChI=1S/C10H8ClFN2/c11-10-5-6-13-7-14(10)9-4-2-1-3-8(9)12/h1-6H,7H2. The second kappa shape index (κ2) is 3.80. The predicted octanol–water partition coefficient (Wildman–Crippen LogP) is 2.75. The molecular formula is C10H8ClFN2. The largest absolute Gasteiger partial charge is 0.309 e. The summed E-state index contributed by atoms with van der Waals surface area (Å²) in [4.78, 5) is 5.61. The van der Waals surface area contributed by atoms with E-state index in [1.54, 1.807) is 35.4 Å². The maximum Gasteiger partial charge on any atom is 0.146 e. The van der Waals surface area contributed by atoms with E-state index in [1.165, 1.54) is 6.07 Å². The lowest BCUT2D eigenvalue weighted by Crippen LogP contribution is -2.23. The minimum Gasteiger partial charge on any atom is -0.309 e. The van der Waals surface area contributed by atoms with Crippen LogP contribution in [0.15, 0.2) is 40.5 Å². The molecule has 0 aromatic heterocycles. The molecule has 0 radical (unpaired) electrons. The predicted molar refractivity (Wildman–Crippen MR) is 56.2 cm³/mol.